The summed E-state index contributed by atoms with van der Waals surface area (Å²) in [6.07, 6.45) is 0. The molecule has 0 aromatic carbocycles. The largest absolute Gasteiger partial charge is 0.375 e. The van der Waals surface area contributed by atoms with Crippen molar-refractivity contribution in [1.82, 2.24) is 4.72 Å². The number of halogens is 1. The van der Waals surface area contributed by atoms with Crippen LogP contribution < -0.4 is 4.72 Å². The molecule has 0 spiro atoms. The van der Waals surface area contributed by atoms with Gasteiger partial charge in [-0.2, -0.15) is 0 Å². The molecule has 0 fully saturated rings. The highest BCUT2D eigenvalue weighted by atomic mass is 79.9. The van der Waals surface area contributed by atoms with Crippen LogP contribution in [0.15, 0.2) is 0 Å². The second-order valence-corrected chi connectivity index (χ2v) is 6.35. The smallest absolute Gasteiger partial charge is 0.221 e. The van der Waals surface area contributed by atoms with E-state index in [1.54, 1.807) is 0 Å². The van der Waals surface area contributed by atoms with Crippen molar-refractivity contribution in [3.05, 3.63) is 0 Å². The quantitative estimate of drug-likeness (QED) is 0.737. The molecule has 0 rings (SSSR count). The Hall–Kier alpha value is 0.350. The monoisotopic (exact) mass is 273 g/mol. The normalized spacial score (nSPS) is 13.2. The van der Waals surface area contributed by atoms with Gasteiger partial charge in [-0.15, -0.1) is 0 Å². The first-order chi connectivity index (χ1) is 5.83. The Kier molecular flexibility index (Phi) is 5.43. The molecule has 0 saturated carbocycles. The summed E-state index contributed by atoms with van der Waals surface area (Å²) in [7, 11) is -3.18. The molecule has 0 aromatic heterocycles. The van der Waals surface area contributed by atoms with Gasteiger partial charge >= 0.3 is 0 Å². The summed E-state index contributed by atoms with van der Waals surface area (Å²) >= 11 is 2.89. The van der Waals surface area contributed by atoms with E-state index in [4.69, 9.17) is 4.74 Å². The first-order valence-corrected chi connectivity index (χ1v) is 6.77. The third-order valence-corrected chi connectivity index (χ3v) is 4.08. The molecule has 0 aliphatic rings. The van der Waals surface area contributed by atoms with E-state index in [-0.39, 0.29) is 11.2 Å². The van der Waals surface area contributed by atoms with Gasteiger partial charge in [-0.25, -0.2) is 13.1 Å². The first kappa shape index (κ1) is 13.4. The highest BCUT2D eigenvalue weighted by Gasteiger charge is 2.20. The second kappa shape index (κ2) is 5.29. The van der Waals surface area contributed by atoms with Crippen LogP contribution in [0.4, 0.5) is 0 Å². The van der Waals surface area contributed by atoms with Crippen molar-refractivity contribution in [2.75, 3.05) is 17.8 Å². The van der Waals surface area contributed by atoms with Gasteiger partial charge in [0.25, 0.3) is 0 Å². The Morgan fingerprint density at radius 1 is 1.46 bits per heavy atom. The highest BCUT2D eigenvalue weighted by molar-refractivity contribution is 9.10. The molecule has 0 radical (unpaired) electrons. The minimum atomic E-state index is -3.18. The van der Waals surface area contributed by atoms with Gasteiger partial charge in [0.1, 0.15) is 4.66 Å². The molecule has 0 unspecified atom stereocenters. The lowest BCUT2D eigenvalue weighted by Gasteiger charge is -2.24. The lowest BCUT2D eigenvalue weighted by atomic mass is 10.1. The molecular weight excluding hydrogens is 258 g/mol. The van der Waals surface area contributed by atoms with Gasteiger partial charge in [0, 0.05) is 13.2 Å². The number of hydrogen-bond donors (Lipinski definition) is 1. The van der Waals surface area contributed by atoms with Crippen LogP contribution in [0.2, 0.25) is 0 Å². The predicted octanol–water partition coefficient (Wildman–Crippen LogP) is 1.07. The summed E-state index contributed by atoms with van der Waals surface area (Å²) in [5, 5.41) is 0. The Labute approximate surface area is 88.2 Å². The van der Waals surface area contributed by atoms with E-state index in [2.05, 4.69) is 20.7 Å². The van der Waals surface area contributed by atoms with E-state index in [1.165, 1.54) is 0 Å². The topological polar surface area (TPSA) is 55.4 Å². The average Bonchev–Trinajstić information content (AvgIpc) is 2.02. The van der Waals surface area contributed by atoms with Crippen molar-refractivity contribution < 1.29 is 13.2 Å². The molecule has 1 N–H and O–H groups in total. The number of rotatable bonds is 6. The molecule has 0 atom stereocenters. The van der Waals surface area contributed by atoms with E-state index in [9.17, 15) is 8.42 Å². The fourth-order valence-corrected chi connectivity index (χ4v) is 1.89. The van der Waals surface area contributed by atoms with Crippen LogP contribution in [-0.2, 0) is 14.8 Å². The van der Waals surface area contributed by atoms with Crippen LogP contribution in [0.3, 0.4) is 0 Å². The molecular formula is C7H16BrNO3S. The molecule has 0 saturated heterocycles. The predicted molar refractivity (Wildman–Crippen MR) is 56.4 cm³/mol. The molecule has 0 amide bonds. The summed E-state index contributed by atoms with van der Waals surface area (Å²) in [6, 6.07) is 0. The van der Waals surface area contributed by atoms with Crippen molar-refractivity contribution in [3.8, 4) is 0 Å². The van der Waals surface area contributed by atoms with E-state index >= 15 is 0 Å². The van der Waals surface area contributed by atoms with Gasteiger partial charge in [-0.1, -0.05) is 15.9 Å². The fraction of sp³-hybridized carbons (Fsp3) is 1.00. The molecule has 0 bridgehead atoms. The number of nitrogens with one attached hydrogen (secondary N) is 1. The van der Waals surface area contributed by atoms with Crippen LogP contribution in [-0.4, -0.2) is 31.8 Å². The number of alkyl halides is 1. The number of ether oxygens (including phenoxy) is 1. The SMILES string of the molecule is CCOC(C)(C)CNS(=O)(=O)CBr. The highest BCUT2D eigenvalue weighted by Crippen LogP contribution is 2.07. The Morgan fingerprint density at radius 2 is 2.00 bits per heavy atom. The summed E-state index contributed by atoms with van der Waals surface area (Å²) in [5.74, 6) is 0. The Morgan fingerprint density at radius 3 is 2.38 bits per heavy atom. The molecule has 6 heteroatoms. The van der Waals surface area contributed by atoms with Crippen molar-refractivity contribution in [1.29, 1.82) is 0 Å². The molecule has 13 heavy (non-hydrogen) atoms. The minimum Gasteiger partial charge on any atom is -0.375 e. The van der Waals surface area contributed by atoms with Gasteiger partial charge in [-0.3, -0.25) is 0 Å². The maximum absolute atomic E-state index is 11.0. The zero-order valence-electron chi connectivity index (χ0n) is 8.13. The van der Waals surface area contributed by atoms with Crippen molar-refractivity contribution >= 4 is 26.0 Å². The fourth-order valence-electron chi connectivity index (χ4n) is 0.764. The van der Waals surface area contributed by atoms with Gasteiger partial charge in [0.2, 0.25) is 10.0 Å². The number of sulfonamides is 1. The van der Waals surface area contributed by atoms with Crippen LogP contribution in [0.5, 0.6) is 0 Å². The Balaban J connectivity index is 4.01. The lowest BCUT2D eigenvalue weighted by Crippen LogP contribution is -2.40. The van der Waals surface area contributed by atoms with Crippen LogP contribution in [0.25, 0.3) is 0 Å². The summed E-state index contributed by atoms with van der Waals surface area (Å²) in [4.78, 5) is 0. The maximum atomic E-state index is 11.0. The van der Waals surface area contributed by atoms with Gasteiger partial charge < -0.3 is 4.74 Å². The van der Waals surface area contributed by atoms with Crippen molar-refractivity contribution in [2.45, 2.75) is 26.4 Å². The maximum Gasteiger partial charge on any atom is 0.221 e. The van der Waals surface area contributed by atoms with E-state index in [1.807, 2.05) is 20.8 Å². The van der Waals surface area contributed by atoms with Crippen molar-refractivity contribution in [3.63, 3.8) is 0 Å². The molecule has 0 aliphatic heterocycles. The van der Waals surface area contributed by atoms with E-state index in [0.717, 1.165) is 0 Å². The van der Waals surface area contributed by atoms with Crippen LogP contribution >= 0.6 is 15.9 Å². The molecule has 80 valence electrons. The molecule has 0 heterocycles. The van der Waals surface area contributed by atoms with E-state index in [0.29, 0.717) is 6.61 Å². The summed E-state index contributed by atoms with van der Waals surface area (Å²) < 4.78 is 29.8. The summed E-state index contributed by atoms with van der Waals surface area (Å²) in [5.41, 5.74) is -0.454. The standard InChI is InChI=1S/C7H16BrNO3S/c1-4-12-7(2,3)5-9-13(10,11)6-8/h9H,4-6H2,1-3H3. The second-order valence-electron chi connectivity index (χ2n) is 3.24. The van der Waals surface area contributed by atoms with Crippen LogP contribution in [0.1, 0.15) is 20.8 Å². The third kappa shape index (κ3) is 6.42. The van der Waals surface area contributed by atoms with Crippen molar-refractivity contribution in [2.24, 2.45) is 0 Å². The molecule has 0 aliphatic carbocycles. The van der Waals surface area contributed by atoms with Gasteiger partial charge in [0.15, 0.2) is 0 Å². The van der Waals surface area contributed by atoms with E-state index < -0.39 is 15.6 Å². The minimum absolute atomic E-state index is 0.0811. The first-order valence-electron chi connectivity index (χ1n) is 4.00. The van der Waals surface area contributed by atoms with Gasteiger partial charge in [-0.05, 0) is 20.8 Å². The Bertz CT molecular complexity index is 238. The van der Waals surface area contributed by atoms with Gasteiger partial charge in [0.05, 0.1) is 5.60 Å². The average molecular weight is 274 g/mol. The zero-order chi connectivity index (χ0) is 10.5. The van der Waals surface area contributed by atoms with Crippen LogP contribution in [0, 0.1) is 0 Å². The third-order valence-electron chi connectivity index (χ3n) is 1.40. The number of hydrogen-bond acceptors (Lipinski definition) is 3. The molecule has 0 aromatic rings. The summed E-state index contributed by atoms with van der Waals surface area (Å²) in [6.45, 7) is 6.42. The lowest BCUT2D eigenvalue weighted by molar-refractivity contribution is -0.00512. The zero-order valence-corrected chi connectivity index (χ0v) is 10.5. The molecule has 4 nitrogen and oxygen atoms in total.